The lowest BCUT2D eigenvalue weighted by Crippen LogP contribution is -2.12. The summed E-state index contributed by atoms with van der Waals surface area (Å²) in [5.41, 5.74) is 5.97. The average Bonchev–Trinajstić information content (AvgIpc) is 2.62. The molecule has 1 aromatic carbocycles. The van der Waals surface area contributed by atoms with E-state index in [4.69, 9.17) is 10.9 Å². The van der Waals surface area contributed by atoms with Crippen molar-refractivity contribution in [1.29, 1.82) is 0 Å². The Balaban J connectivity index is 2.41. The van der Waals surface area contributed by atoms with Crippen LogP contribution >= 0.6 is 11.8 Å². The van der Waals surface area contributed by atoms with E-state index < -0.39 is 10.0 Å². The molecule has 0 aliphatic carbocycles. The van der Waals surface area contributed by atoms with Gasteiger partial charge in [-0.05, 0) is 18.2 Å². The maximum atomic E-state index is 11.3. The van der Waals surface area contributed by atoms with Crippen LogP contribution in [-0.2, 0) is 17.1 Å². The van der Waals surface area contributed by atoms with Gasteiger partial charge in [-0.1, -0.05) is 11.8 Å². The minimum absolute atomic E-state index is 0.0211. The van der Waals surface area contributed by atoms with Gasteiger partial charge >= 0.3 is 0 Å². The van der Waals surface area contributed by atoms with Crippen LogP contribution in [0.4, 0.5) is 5.69 Å². The zero-order chi connectivity index (χ0) is 13.3. The Bertz CT molecular complexity index is 680. The summed E-state index contributed by atoms with van der Waals surface area (Å²) in [6, 6.07) is 4.41. The predicted molar refractivity (Wildman–Crippen MR) is 67.4 cm³/mol. The van der Waals surface area contributed by atoms with Gasteiger partial charge in [0.1, 0.15) is 6.33 Å². The van der Waals surface area contributed by atoms with E-state index >= 15 is 0 Å². The smallest absolute Gasteiger partial charge is 0.238 e. The van der Waals surface area contributed by atoms with Crippen molar-refractivity contribution >= 4 is 27.5 Å². The van der Waals surface area contributed by atoms with Crippen LogP contribution in [0.3, 0.4) is 0 Å². The first kappa shape index (κ1) is 12.9. The summed E-state index contributed by atoms with van der Waals surface area (Å²) in [7, 11) is -2.03. The highest BCUT2D eigenvalue weighted by molar-refractivity contribution is 7.99. The van der Waals surface area contributed by atoms with Gasteiger partial charge in [-0.25, -0.2) is 23.2 Å². The highest BCUT2D eigenvalue weighted by Crippen LogP contribution is 2.29. The molecular formula is C9H11N5O2S2. The molecule has 0 unspecified atom stereocenters. The van der Waals surface area contributed by atoms with Crippen molar-refractivity contribution < 1.29 is 8.42 Å². The molecule has 0 aliphatic heterocycles. The van der Waals surface area contributed by atoms with Crippen molar-refractivity contribution in [2.45, 2.75) is 14.9 Å². The first-order chi connectivity index (χ1) is 8.36. The zero-order valence-corrected chi connectivity index (χ0v) is 11.1. The van der Waals surface area contributed by atoms with Crippen molar-refractivity contribution in [1.82, 2.24) is 14.8 Å². The molecule has 0 amide bonds. The van der Waals surface area contributed by atoms with Gasteiger partial charge in [0, 0.05) is 17.6 Å². The van der Waals surface area contributed by atoms with Crippen LogP contribution in [0.15, 0.2) is 39.5 Å². The molecule has 0 fully saturated rings. The third-order valence-electron chi connectivity index (χ3n) is 2.11. The van der Waals surface area contributed by atoms with E-state index in [-0.39, 0.29) is 4.90 Å². The number of hydrogen-bond acceptors (Lipinski definition) is 6. The van der Waals surface area contributed by atoms with Crippen LogP contribution in [0.1, 0.15) is 0 Å². The Kier molecular flexibility index (Phi) is 3.28. The number of aromatic nitrogens is 3. The summed E-state index contributed by atoms with van der Waals surface area (Å²) >= 11 is 1.25. The molecule has 0 saturated carbocycles. The number of aryl methyl sites for hydroxylation is 1. The fraction of sp³-hybridized carbons (Fsp3) is 0.111. The molecule has 96 valence electrons. The second kappa shape index (κ2) is 4.59. The van der Waals surface area contributed by atoms with E-state index in [0.29, 0.717) is 15.7 Å². The van der Waals surface area contributed by atoms with Crippen molar-refractivity contribution in [3.63, 3.8) is 0 Å². The number of hydrogen-bond donors (Lipinski definition) is 2. The molecule has 9 heteroatoms. The Labute approximate surface area is 108 Å². The number of rotatable bonds is 3. The van der Waals surface area contributed by atoms with Gasteiger partial charge < -0.3 is 5.73 Å². The molecule has 1 aromatic heterocycles. The lowest BCUT2D eigenvalue weighted by atomic mass is 10.3. The Hall–Kier alpha value is -1.58. The fourth-order valence-electron chi connectivity index (χ4n) is 1.30. The largest absolute Gasteiger partial charge is 0.399 e. The summed E-state index contributed by atoms with van der Waals surface area (Å²) in [5, 5.41) is 9.61. The molecule has 0 aliphatic rings. The summed E-state index contributed by atoms with van der Waals surface area (Å²) in [6.45, 7) is 0. The first-order valence-electron chi connectivity index (χ1n) is 4.81. The van der Waals surface area contributed by atoms with Gasteiger partial charge in [0.05, 0.1) is 4.90 Å². The summed E-state index contributed by atoms with van der Waals surface area (Å²) in [6.07, 6.45) is 1.41. The number of primary sulfonamides is 1. The van der Waals surface area contributed by atoms with Crippen LogP contribution < -0.4 is 10.9 Å². The van der Waals surface area contributed by atoms with Gasteiger partial charge in [0.2, 0.25) is 10.0 Å². The Morgan fingerprint density at radius 3 is 2.61 bits per heavy atom. The summed E-state index contributed by atoms with van der Waals surface area (Å²) in [4.78, 5) is 4.64. The monoisotopic (exact) mass is 285 g/mol. The zero-order valence-electron chi connectivity index (χ0n) is 9.44. The molecule has 18 heavy (non-hydrogen) atoms. The van der Waals surface area contributed by atoms with Crippen molar-refractivity contribution in [2.24, 2.45) is 12.2 Å². The quantitative estimate of drug-likeness (QED) is 0.778. The third-order valence-corrected chi connectivity index (χ3v) is 4.03. The number of anilines is 1. The molecule has 7 nitrogen and oxygen atoms in total. The van der Waals surface area contributed by atoms with E-state index in [1.165, 1.54) is 30.2 Å². The average molecular weight is 285 g/mol. The second-order valence-corrected chi connectivity index (χ2v) is 6.15. The molecule has 1 heterocycles. The van der Waals surface area contributed by atoms with Gasteiger partial charge in [-0.3, -0.25) is 0 Å². The number of nitrogen functional groups attached to an aromatic ring is 1. The lowest BCUT2D eigenvalue weighted by Gasteiger charge is -2.05. The molecular weight excluding hydrogens is 274 g/mol. The third kappa shape index (κ3) is 2.81. The van der Waals surface area contributed by atoms with Gasteiger partial charge in [-0.2, -0.15) is 5.10 Å². The molecule has 0 atom stereocenters. The number of nitrogens with two attached hydrogens (primary N) is 2. The summed E-state index contributed by atoms with van der Waals surface area (Å²) < 4.78 is 24.1. The number of nitrogens with zero attached hydrogens (tertiary/aromatic N) is 3. The van der Waals surface area contributed by atoms with Gasteiger partial charge in [0.15, 0.2) is 5.16 Å². The van der Waals surface area contributed by atoms with Crippen LogP contribution in [0, 0.1) is 0 Å². The normalized spacial score (nSPS) is 11.7. The Morgan fingerprint density at radius 2 is 2.06 bits per heavy atom. The second-order valence-electron chi connectivity index (χ2n) is 3.55. The molecule has 0 saturated heterocycles. The molecule has 0 radical (unpaired) electrons. The fourth-order valence-corrected chi connectivity index (χ4v) is 2.84. The number of benzene rings is 1. The highest BCUT2D eigenvalue weighted by atomic mass is 32.2. The minimum atomic E-state index is -3.77. The van der Waals surface area contributed by atoms with Crippen LogP contribution in [0.5, 0.6) is 0 Å². The predicted octanol–water partition coefficient (Wildman–Crippen LogP) is 0.196. The highest BCUT2D eigenvalue weighted by Gasteiger charge is 2.12. The van der Waals surface area contributed by atoms with E-state index in [0.717, 1.165) is 0 Å². The topological polar surface area (TPSA) is 117 Å². The molecule has 0 bridgehead atoms. The first-order valence-corrected chi connectivity index (χ1v) is 7.18. The Morgan fingerprint density at radius 1 is 1.33 bits per heavy atom. The lowest BCUT2D eigenvalue weighted by molar-refractivity contribution is 0.597. The van der Waals surface area contributed by atoms with E-state index in [9.17, 15) is 8.42 Å². The SMILES string of the molecule is Cn1ncnc1Sc1cc(N)cc(S(N)(=O)=O)c1. The van der Waals surface area contributed by atoms with Crippen LogP contribution in [-0.4, -0.2) is 23.2 Å². The van der Waals surface area contributed by atoms with Crippen molar-refractivity contribution in [3.05, 3.63) is 24.5 Å². The van der Waals surface area contributed by atoms with Crippen molar-refractivity contribution in [3.8, 4) is 0 Å². The molecule has 2 aromatic rings. The van der Waals surface area contributed by atoms with Crippen molar-refractivity contribution in [2.75, 3.05) is 5.73 Å². The van der Waals surface area contributed by atoms with Gasteiger partial charge in [-0.15, -0.1) is 0 Å². The molecule has 4 N–H and O–H groups in total. The molecule has 0 spiro atoms. The van der Waals surface area contributed by atoms with E-state index in [1.54, 1.807) is 17.8 Å². The van der Waals surface area contributed by atoms with E-state index in [1.807, 2.05) is 0 Å². The van der Waals surface area contributed by atoms with Crippen LogP contribution in [0.2, 0.25) is 0 Å². The van der Waals surface area contributed by atoms with Crippen LogP contribution in [0.25, 0.3) is 0 Å². The standard InChI is InChI=1S/C9H11N5O2S2/c1-14-9(12-5-13-14)17-7-2-6(10)3-8(4-7)18(11,15)16/h2-5H,10H2,1H3,(H2,11,15,16). The van der Waals surface area contributed by atoms with E-state index in [2.05, 4.69) is 10.1 Å². The summed E-state index contributed by atoms with van der Waals surface area (Å²) in [5.74, 6) is 0. The minimum Gasteiger partial charge on any atom is -0.399 e. The number of sulfonamides is 1. The maximum absolute atomic E-state index is 11.3. The maximum Gasteiger partial charge on any atom is 0.238 e. The molecule has 2 rings (SSSR count). The van der Waals surface area contributed by atoms with Gasteiger partial charge in [0.25, 0.3) is 0 Å².